The molecule has 1 amide bonds. The van der Waals surface area contributed by atoms with Gasteiger partial charge in [0.15, 0.2) is 5.11 Å². The molecule has 1 aliphatic rings. The largest absolute Gasteiger partial charge is 0.360 e. The van der Waals surface area contributed by atoms with E-state index in [-0.39, 0.29) is 17.4 Å². The average molecular weight is 373 g/mol. The van der Waals surface area contributed by atoms with Crippen LogP contribution in [-0.2, 0) is 0 Å². The first-order valence-electron chi connectivity index (χ1n) is 7.73. The summed E-state index contributed by atoms with van der Waals surface area (Å²) in [5, 5.41) is 7.11. The lowest BCUT2D eigenvalue weighted by atomic mass is 9.71. The van der Waals surface area contributed by atoms with E-state index >= 15 is 0 Å². The van der Waals surface area contributed by atoms with Gasteiger partial charge in [0.25, 0.3) is 5.91 Å². The van der Waals surface area contributed by atoms with Gasteiger partial charge in [-0.15, -0.1) is 0 Å². The Bertz CT molecular complexity index is 619. The molecule has 0 bridgehead atoms. The van der Waals surface area contributed by atoms with Gasteiger partial charge in [0, 0.05) is 11.1 Å². The molecule has 2 unspecified atom stereocenters. The third kappa shape index (κ3) is 5.33. The lowest BCUT2D eigenvalue weighted by Gasteiger charge is -2.39. The normalized spacial score (nSPS) is 23.2. The monoisotopic (exact) mass is 372 g/mol. The van der Waals surface area contributed by atoms with Crippen LogP contribution in [-0.4, -0.2) is 17.1 Å². The van der Waals surface area contributed by atoms with Gasteiger partial charge in [-0.3, -0.25) is 10.1 Å². The Balaban J connectivity index is 1.95. The maximum atomic E-state index is 12.3. The van der Waals surface area contributed by atoms with Gasteiger partial charge in [0.1, 0.15) is 0 Å². The van der Waals surface area contributed by atoms with Gasteiger partial charge >= 0.3 is 0 Å². The number of nitrogens with one attached hydrogen (secondary N) is 2. The van der Waals surface area contributed by atoms with Crippen molar-refractivity contribution in [2.45, 2.75) is 46.1 Å². The fraction of sp³-hybridized carbons (Fsp3) is 0.529. The van der Waals surface area contributed by atoms with Crippen molar-refractivity contribution in [1.29, 1.82) is 0 Å². The summed E-state index contributed by atoms with van der Waals surface area (Å²) in [6.45, 7) is 6.80. The van der Waals surface area contributed by atoms with Crippen LogP contribution in [0.1, 0.15) is 50.4 Å². The lowest BCUT2D eigenvalue weighted by Crippen LogP contribution is -2.48. The summed E-state index contributed by atoms with van der Waals surface area (Å²) in [5.41, 5.74) is 0.645. The van der Waals surface area contributed by atoms with Gasteiger partial charge in [-0.25, -0.2) is 0 Å². The number of thiocarbonyl (C=S) groups is 1. The van der Waals surface area contributed by atoms with E-state index < -0.39 is 0 Å². The Hall–Kier alpha value is -0.840. The highest BCUT2D eigenvalue weighted by molar-refractivity contribution is 7.80. The highest BCUT2D eigenvalue weighted by Crippen LogP contribution is 2.38. The standard InChI is InChI=1S/C17H22Cl2N2OS/c1-10-6-12(9-17(2,3)8-10)20-16(23)21-15(22)13-5-4-11(18)7-14(13)19/h4-5,7,10,12H,6,8-9H2,1-3H3,(H2,20,21,22,23). The zero-order valence-electron chi connectivity index (χ0n) is 13.6. The average Bonchev–Trinajstić information content (AvgIpc) is 2.35. The topological polar surface area (TPSA) is 41.1 Å². The Labute approximate surface area is 153 Å². The van der Waals surface area contributed by atoms with Gasteiger partial charge < -0.3 is 5.32 Å². The second kappa shape index (κ2) is 7.37. The van der Waals surface area contributed by atoms with E-state index in [4.69, 9.17) is 35.4 Å². The van der Waals surface area contributed by atoms with Crippen LogP contribution >= 0.6 is 35.4 Å². The second-order valence-corrected chi connectivity index (χ2v) is 8.41. The highest BCUT2D eigenvalue weighted by atomic mass is 35.5. The van der Waals surface area contributed by atoms with Crippen molar-refractivity contribution < 1.29 is 4.79 Å². The van der Waals surface area contributed by atoms with E-state index in [1.807, 2.05) is 0 Å². The smallest absolute Gasteiger partial charge is 0.258 e. The van der Waals surface area contributed by atoms with E-state index in [2.05, 4.69) is 31.4 Å². The number of rotatable bonds is 2. The molecule has 6 heteroatoms. The molecule has 1 fully saturated rings. The molecule has 2 rings (SSSR count). The molecular weight excluding hydrogens is 351 g/mol. The summed E-state index contributed by atoms with van der Waals surface area (Å²) in [4.78, 5) is 12.3. The number of hydrogen-bond acceptors (Lipinski definition) is 2. The van der Waals surface area contributed by atoms with Crippen LogP contribution in [0.25, 0.3) is 0 Å². The number of halogens is 2. The predicted molar refractivity (Wildman–Crippen MR) is 100 cm³/mol. The van der Waals surface area contributed by atoms with Crippen molar-refractivity contribution in [3.8, 4) is 0 Å². The highest BCUT2D eigenvalue weighted by Gasteiger charge is 2.32. The fourth-order valence-corrected chi connectivity index (χ4v) is 4.28. The van der Waals surface area contributed by atoms with Crippen LogP contribution in [0.2, 0.25) is 10.0 Å². The van der Waals surface area contributed by atoms with E-state index in [1.54, 1.807) is 18.2 Å². The van der Waals surface area contributed by atoms with Crippen LogP contribution in [0.15, 0.2) is 18.2 Å². The maximum Gasteiger partial charge on any atom is 0.258 e. The van der Waals surface area contributed by atoms with Crippen LogP contribution < -0.4 is 10.6 Å². The summed E-state index contributed by atoms with van der Waals surface area (Å²) in [6, 6.07) is 5.04. The van der Waals surface area contributed by atoms with Gasteiger partial charge in [-0.1, -0.05) is 44.0 Å². The van der Waals surface area contributed by atoms with Gasteiger partial charge in [0.05, 0.1) is 10.6 Å². The molecule has 0 radical (unpaired) electrons. The number of benzene rings is 1. The zero-order chi connectivity index (χ0) is 17.2. The number of hydrogen-bond donors (Lipinski definition) is 2. The molecule has 0 spiro atoms. The first-order chi connectivity index (χ1) is 10.7. The van der Waals surface area contributed by atoms with Crippen molar-refractivity contribution in [3.05, 3.63) is 33.8 Å². The quantitative estimate of drug-likeness (QED) is 0.731. The molecule has 3 nitrogen and oxygen atoms in total. The van der Waals surface area contributed by atoms with Gasteiger partial charge in [0.2, 0.25) is 0 Å². The number of carbonyl (C=O) groups is 1. The Morgan fingerprint density at radius 3 is 2.61 bits per heavy atom. The Kier molecular flexibility index (Phi) is 5.93. The third-order valence-electron chi connectivity index (χ3n) is 4.12. The zero-order valence-corrected chi connectivity index (χ0v) is 15.9. The van der Waals surface area contributed by atoms with Crippen molar-refractivity contribution in [2.75, 3.05) is 0 Å². The molecule has 0 aliphatic heterocycles. The van der Waals surface area contributed by atoms with Crippen molar-refractivity contribution in [3.63, 3.8) is 0 Å². The van der Waals surface area contributed by atoms with Crippen LogP contribution in [0, 0.1) is 11.3 Å². The summed E-state index contributed by atoms with van der Waals surface area (Å²) < 4.78 is 0. The molecule has 1 saturated carbocycles. The minimum absolute atomic E-state index is 0.280. The lowest BCUT2D eigenvalue weighted by molar-refractivity contribution is 0.0976. The molecule has 126 valence electrons. The first kappa shape index (κ1) is 18.5. The third-order valence-corrected chi connectivity index (χ3v) is 4.89. The molecule has 0 aromatic heterocycles. The van der Waals surface area contributed by atoms with Crippen LogP contribution in [0.5, 0.6) is 0 Å². The van der Waals surface area contributed by atoms with E-state index in [0.29, 0.717) is 26.6 Å². The van der Waals surface area contributed by atoms with E-state index in [0.717, 1.165) is 12.8 Å². The van der Waals surface area contributed by atoms with Crippen LogP contribution in [0.4, 0.5) is 0 Å². The molecule has 2 N–H and O–H groups in total. The number of amides is 1. The minimum Gasteiger partial charge on any atom is -0.360 e. The molecule has 0 saturated heterocycles. The van der Waals surface area contributed by atoms with Crippen molar-refractivity contribution in [1.82, 2.24) is 10.6 Å². The van der Waals surface area contributed by atoms with E-state index in [9.17, 15) is 4.79 Å². The van der Waals surface area contributed by atoms with Crippen molar-refractivity contribution in [2.24, 2.45) is 11.3 Å². The molecule has 2 atom stereocenters. The summed E-state index contributed by atoms with van der Waals surface area (Å²) in [7, 11) is 0. The SMILES string of the molecule is CC1CC(NC(=S)NC(=O)c2ccc(Cl)cc2Cl)CC(C)(C)C1. The number of carbonyl (C=O) groups excluding carboxylic acids is 1. The fourth-order valence-electron chi connectivity index (χ4n) is 3.52. The van der Waals surface area contributed by atoms with Gasteiger partial charge in [-0.05, 0) is 61.0 Å². The summed E-state index contributed by atoms with van der Waals surface area (Å²) in [5.74, 6) is 0.313. The molecule has 1 aromatic rings. The molecule has 1 aliphatic carbocycles. The summed E-state index contributed by atoms with van der Waals surface area (Å²) in [6.07, 6.45) is 3.31. The van der Waals surface area contributed by atoms with Crippen molar-refractivity contribution >= 4 is 46.4 Å². The van der Waals surface area contributed by atoms with Crippen LogP contribution in [0.3, 0.4) is 0 Å². The Morgan fingerprint density at radius 2 is 2.00 bits per heavy atom. The second-order valence-electron chi connectivity index (χ2n) is 7.16. The van der Waals surface area contributed by atoms with Gasteiger partial charge in [-0.2, -0.15) is 0 Å². The molecule has 23 heavy (non-hydrogen) atoms. The molecule has 1 aromatic carbocycles. The summed E-state index contributed by atoms with van der Waals surface area (Å²) >= 11 is 17.2. The predicted octanol–water partition coefficient (Wildman–Crippen LogP) is 4.81. The maximum absolute atomic E-state index is 12.3. The first-order valence-corrected chi connectivity index (χ1v) is 8.89. The van der Waals surface area contributed by atoms with E-state index in [1.165, 1.54) is 6.42 Å². The molecular formula is C17H22Cl2N2OS. The molecule has 0 heterocycles. The minimum atomic E-state index is -0.327. The Morgan fingerprint density at radius 1 is 1.30 bits per heavy atom.